The third-order valence-corrected chi connectivity index (χ3v) is 2.13. The molecule has 2 nitrogen and oxygen atoms in total. The van der Waals surface area contributed by atoms with E-state index in [2.05, 4.69) is 34.5 Å². The average Bonchev–Trinajstić information content (AvgIpc) is 1.63. The van der Waals surface area contributed by atoms with Crippen LogP contribution in [0.3, 0.4) is 0 Å². The van der Waals surface area contributed by atoms with Crippen molar-refractivity contribution in [2.75, 3.05) is 0 Å². The van der Waals surface area contributed by atoms with Crippen LogP contribution in [-0.2, 0) is 0 Å². The summed E-state index contributed by atoms with van der Waals surface area (Å²) in [6.07, 6.45) is 0. The number of halogens is 2. The van der Waals surface area contributed by atoms with E-state index >= 15 is 0 Å². The fourth-order valence-electron chi connectivity index (χ4n) is 0.297. The number of nitrogens with two attached hydrogens (primary N) is 1. The summed E-state index contributed by atoms with van der Waals surface area (Å²) in [7, 11) is 0. The normalized spacial score (nSPS) is 19.3. The number of hydrogen-bond acceptors (Lipinski definition) is 1. The molecular formula is C5H10ClIN2. The van der Waals surface area contributed by atoms with Crippen LogP contribution in [-0.4, -0.2) is 15.3 Å². The van der Waals surface area contributed by atoms with Crippen LogP contribution in [0.4, 0.5) is 0 Å². The Kier molecular flexibility index (Phi) is 4.56. The zero-order valence-corrected chi connectivity index (χ0v) is 8.35. The number of nitrogens with zero attached hydrogens (tertiary/aromatic N) is 1. The number of aliphatic imine (C=N–C) groups is 1. The van der Waals surface area contributed by atoms with Crippen LogP contribution in [0.5, 0.6) is 0 Å². The first-order valence-corrected chi connectivity index (χ1v) is 4.29. The summed E-state index contributed by atoms with van der Waals surface area (Å²) >= 11 is 7.62. The van der Waals surface area contributed by atoms with E-state index in [9.17, 15) is 0 Å². The van der Waals surface area contributed by atoms with Crippen LogP contribution in [0.1, 0.15) is 13.8 Å². The quantitative estimate of drug-likeness (QED) is 0.265. The number of alkyl halides is 1. The van der Waals surface area contributed by atoms with Gasteiger partial charge in [-0.25, -0.2) is 0 Å². The predicted molar refractivity (Wildman–Crippen MR) is 50.4 cm³/mol. The molecule has 1 unspecified atom stereocenters. The lowest BCUT2D eigenvalue weighted by molar-refractivity contribution is 0.754. The smallest absolute Gasteiger partial charge is 0.188 e. The molecule has 0 aromatic heterocycles. The lowest BCUT2D eigenvalue weighted by atomic mass is 10.3. The Bertz CT molecular complexity index is 110. The zero-order chi connectivity index (χ0) is 7.44. The molecule has 0 amide bonds. The van der Waals surface area contributed by atoms with Crippen molar-refractivity contribution in [3.8, 4) is 0 Å². The molecule has 0 aliphatic rings. The Morgan fingerprint density at radius 3 is 2.22 bits per heavy atom. The Balaban J connectivity index is 3.76. The second-order valence-corrected chi connectivity index (χ2v) is 4.22. The first kappa shape index (κ1) is 9.49. The van der Waals surface area contributed by atoms with Crippen molar-refractivity contribution in [2.45, 2.75) is 23.8 Å². The number of hydrogen-bond donors (Lipinski definition) is 1. The Hall–Kier alpha value is 0.490. The molecule has 0 saturated carbocycles. The summed E-state index contributed by atoms with van der Waals surface area (Å²) in [4.78, 5) is 3.93. The van der Waals surface area contributed by atoms with Crippen molar-refractivity contribution in [1.29, 1.82) is 0 Å². The fraction of sp³-hybridized carbons (Fsp3) is 0.800. The van der Waals surface area contributed by atoms with Gasteiger partial charge in [0.25, 0.3) is 0 Å². The molecular weight excluding hydrogens is 250 g/mol. The molecule has 0 heterocycles. The van der Waals surface area contributed by atoms with Gasteiger partial charge in [-0.1, -0.05) is 29.5 Å². The molecule has 0 aromatic rings. The summed E-state index contributed by atoms with van der Waals surface area (Å²) < 4.78 is 0.472. The molecule has 0 rings (SSSR count). The van der Waals surface area contributed by atoms with Crippen molar-refractivity contribution in [3.05, 3.63) is 0 Å². The second kappa shape index (κ2) is 4.33. The molecule has 0 aliphatic carbocycles. The van der Waals surface area contributed by atoms with Crippen molar-refractivity contribution in [1.82, 2.24) is 0 Å². The predicted octanol–water partition coefficient (Wildman–Crippen LogP) is 1.75. The molecule has 0 saturated heterocycles. The van der Waals surface area contributed by atoms with Crippen LogP contribution < -0.4 is 5.73 Å². The SMILES string of the molecule is CC(N=C(N)Cl)[C@H](C)I. The lowest BCUT2D eigenvalue weighted by Crippen LogP contribution is -2.14. The van der Waals surface area contributed by atoms with Crippen LogP contribution in [0.15, 0.2) is 4.99 Å². The average molecular weight is 261 g/mol. The minimum absolute atomic E-state index is 0.144. The van der Waals surface area contributed by atoms with Gasteiger partial charge in [-0.3, -0.25) is 4.99 Å². The summed E-state index contributed by atoms with van der Waals surface area (Å²) in [6.45, 7) is 4.04. The summed E-state index contributed by atoms with van der Waals surface area (Å²) in [5, 5.41) is 0.144. The van der Waals surface area contributed by atoms with Gasteiger partial charge in [0, 0.05) is 3.92 Å². The molecule has 0 radical (unpaired) electrons. The Morgan fingerprint density at radius 1 is 1.67 bits per heavy atom. The molecule has 0 fully saturated rings. The van der Waals surface area contributed by atoms with Gasteiger partial charge in [-0.2, -0.15) is 0 Å². The van der Waals surface area contributed by atoms with E-state index in [1.165, 1.54) is 0 Å². The van der Waals surface area contributed by atoms with Crippen molar-refractivity contribution in [2.24, 2.45) is 10.7 Å². The van der Waals surface area contributed by atoms with Gasteiger partial charge >= 0.3 is 0 Å². The molecule has 2 N–H and O–H groups in total. The first-order chi connectivity index (χ1) is 4.04. The van der Waals surface area contributed by atoms with Gasteiger partial charge < -0.3 is 5.73 Å². The minimum Gasteiger partial charge on any atom is -0.374 e. The maximum absolute atomic E-state index is 5.34. The Morgan fingerprint density at radius 2 is 2.11 bits per heavy atom. The molecule has 0 aliphatic heterocycles. The summed E-state index contributed by atoms with van der Waals surface area (Å²) in [5.41, 5.74) is 5.14. The van der Waals surface area contributed by atoms with E-state index in [-0.39, 0.29) is 11.3 Å². The fourth-order valence-corrected chi connectivity index (χ4v) is 0.612. The standard InChI is InChI=1S/C5H10ClIN2/c1-3(7)4(2)9-5(6)8/h3-4H,1-2H3,(H2,8,9)/t3-,4?/m0/s1. The van der Waals surface area contributed by atoms with E-state index in [0.717, 1.165) is 0 Å². The first-order valence-electron chi connectivity index (χ1n) is 2.67. The molecule has 0 aromatic carbocycles. The number of amidine groups is 1. The molecule has 2 atom stereocenters. The van der Waals surface area contributed by atoms with Gasteiger partial charge in [-0.15, -0.1) is 0 Å². The highest BCUT2D eigenvalue weighted by molar-refractivity contribution is 14.1. The van der Waals surface area contributed by atoms with Crippen LogP contribution in [0.25, 0.3) is 0 Å². The lowest BCUT2D eigenvalue weighted by Gasteiger charge is -2.07. The Labute approximate surface area is 74.0 Å². The highest BCUT2D eigenvalue weighted by Crippen LogP contribution is 2.08. The van der Waals surface area contributed by atoms with Gasteiger partial charge in [0.05, 0.1) is 6.04 Å². The molecule has 9 heavy (non-hydrogen) atoms. The highest BCUT2D eigenvalue weighted by Gasteiger charge is 2.05. The maximum Gasteiger partial charge on any atom is 0.188 e. The van der Waals surface area contributed by atoms with Crippen LogP contribution in [0.2, 0.25) is 0 Å². The second-order valence-electron chi connectivity index (χ2n) is 1.87. The van der Waals surface area contributed by atoms with E-state index < -0.39 is 0 Å². The third-order valence-electron chi connectivity index (χ3n) is 0.992. The van der Waals surface area contributed by atoms with Gasteiger partial charge in [-0.05, 0) is 18.5 Å². The van der Waals surface area contributed by atoms with E-state index in [4.69, 9.17) is 17.3 Å². The monoisotopic (exact) mass is 260 g/mol. The topological polar surface area (TPSA) is 38.4 Å². The van der Waals surface area contributed by atoms with Crippen molar-refractivity contribution >= 4 is 39.5 Å². The number of rotatable bonds is 2. The zero-order valence-electron chi connectivity index (χ0n) is 5.44. The van der Waals surface area contributed by atoms with E-state index in [1.54, 1.807) is 0 Å². The molecule has 0 spiro atoms. The van der Waals surface area contributed by atoms with E-state index in [0.29, 0.717) is 3.92 Å². The van der Waals surface area contributed by atoms with Gasteiger partial charge in [0.2, 0.25) is 0 Å². The van der Waals surface area contributed by atoms with E-state index in [1.807, 2.05) is 6.92 Å². The molecule has 0 bridgehead atoms. The summed E-state index contributed by atoms with van der Waals surface area (Å²) in [5.74, 6) is 0. The largest absolute Gasteiger partial charge is 0.374 e. The van der Waals surface area contributed by atoms with Crippen LogP contribution in [0, 0.1) is 0 Å². The van der Waals surface area contributed by atoms with Gasteiger partial charge in [0.1, 0.15) is 0 Å². The van der Waals surface area contributed by atoms with Gasteiger partial charge in [0.15, 0.2) is 5.29 Å². The highest BCUT2D eigenvalue weighted by atomic mass is 127. The van der Waals surface area contributed by atoms with Crippen LogP contribution >= 0.6 is 34.2 Å². The maximum atomic E-state index is 5.34. The molecule has 54 valence electrons. The van der Waals surface area contributed by atoms with Crippen molar-refractivity contribution in [3.63, 3.8) is 0 Å². The van der Waals surface area contributed by atoms with Crippen molar-refractivity contribution < 1.29 is 0 Å². The minimum atomic E-state index is 0.144. The third kappa shape index (κ3) is 4.96. The summed E-state index contributed by atoms with van der Waals surface area (Å²) in [6, 6.07) is 0.211. The molecule has 4 heteroatoms.